The lowest BCUT2D eigenvalue weighted by atomic mass is 10.2. The van der Waals surface area contributed by atoms with Gasteiger partial charge in [-0.25, -0.2) is 0 Å². The highest BCUT2D eigenvalue weighted by molar-refractivity contribution is 7.86. The first-order valence-electron chi connectivity index (χ1n) is 6.50. The number of benzene rings is 1. The predicted molar refractivity (Wildman–Crippen MR) is 74.8 cm³/mol. The molecule has 0 bridgehead atoms. The Morgan fingerprint density at radius 2 is 1.85 bits per heavy atom. The third-order valence-corrected chi connectivity index (χ3v) is 4.02. The number of aryl methyl sites for hydroxylation is 1. The van der Waals surface area contributed by atoms with Crippen molar-refractivity contribution in [3.63, 3.8) is 0 Å². The molecule has 20 heavy (non-hydrogen) atoms. The van der Waals surface area contributed by atoms with Gasteiger partial charge in [-0.1, -0.05) is 24.6 Å². The van der Waals surface area contributed by atoms with E-state index >= 15 is 0 Å². The summed E-state index contributed by atoms with van der Waals surface area (Å²) >= 11 is 0. The second-order valence-electron chi connectivity index (χ2n) is 4.53. The Balaban J connectivity index is 2.48. The van der Waals surface area contributed by atoms with E-state index in [-0.39, 0.29) is 23.6 Å². The van der Waals surface area contributed by atoms with Gasteiger partial charge < -0.3 is 4.74 Å². The number of esters is 1. The van der Waals surface area contributed by atoms with E-state index in [0.717, 1.165) is 5.56 Å². The minimum Gasteiger partial charge on any atom is -0.463 e. The van der Waals surface area contributed by atoms with Crippen LogP contribution in [0.2, 0.25) is 0 Å². The number of carbonyl (C=O) groups is 1. The summed E-state index contributed by atoms with van der Waals surface area (Å²) in [7, 11) is -3.75. The van der Waals surface area contributed by atoms with Crippen LogP contribution in [0.25, 0.3) is 0 Å². The number of carbonyl (C=O) groups excluding carboxylic acids is 1. The molecule has 1 aromatic carbocycles. The molecule has 0 spiro atoms. The third kappa shape index (κ3) is 5.30. The molecule has 1 rings (SSSR count). The van der Waals surface area contributed by atoms with Gasteiger partial charge in [-0.05, 0) is 26.0 Å². The van der Waals surface area contributed by atoms with Crippen LogP contribution in [0.3, 0.4) is 0 Å². The van der Waals surface area contributed by atoms with Crippen molar-refractivity contribution in [2.75, 3.05) is 6.61 Å². The summed E-state index contributed by atoms with van der Waals surface area (Å²) in [6, 6.07) is 6.43. The standard InChI is InChI=1S/C14H20O5S/c1-4-14(15)19-12(3)9-10-18-20(16,17)13-7-5-11(2)6-8-13/h5-8,12H,4,9-10H2,1-3H3. The molecule has 0 aliphatic carbocycles. The van der Waals surface area contributed by atoms with E-state index in [4.69, 9.17) is 8.92 Å². The molecule has 1 atom stereocenters. The Bertz CT molecular complexity index is 533. The molecule has 0 fully saturated rings. The van der Waals surface area contributed by atoms with Gasteiger partial charge in [-0.2, -0.15) is 8.42 Å². The Kier molecular flexibility index (Phi) is 6.16. The van der Waals surface area contributed by atoms with Crippen molar-refractivity contribution in [1.29, 1.82) is 0 Å². The van der Waals surface area contributed by atoms with Gasteiger partial charge in [0.15, 0.2) is 0 Å². The SMILES string of the molecule is CCC(=O)OC(C)CCOS(=O)(=O)c1ccc(C)cc1. The van der Waals surface area contributed by atoms with Gasteiger partial charge in [0, 0.05) is 12.8 Å². The second kappa shape index (κ2) is 7.40. The topological polar surface area (TPSA) is 69.7 Å². The summed E-state index contributed by atoms with van der Waals surface area (Å²) in [6.45, 7) is 5.26. The Morgan fingerprint density at radius 3 is 2.40 bits per heavy atom. The van der Waals surface area contributed by atoms with Crippen molar-refractivity contribution < 1.29 is 22.1 Å². The summed E-state index contributed by atoms with van der Waals surface area (Å²) in [6.07, 6.45) is 0.264. The smallest absolute Gasteiger partial charge is 0.305 e. The minimum absolute atomic E-state index is 0.0195. The van der Waals surface area contributed by atoms with Crippen LogP contribution in [0.1, 0.15) is 32.3 Å². The highest BCUT2D eigenvalue weighted by Crippen LogP contribution is 2.14. The van der Waals surface area contributed by atoms with Gasteiger partial charge in [-0.15, -0.1) is 0 Å². The van der Waals surface area contributed by atoms with Crippen LogP contribution in [0.5, 0.6) is 0 Å². The molecule has 0 aromatic heterocycles. The molecule has 1 aromatic rings. The fourth-order valence-electron chi connectivity index (χ4n) is 1.46. The number of rotatable bonds is 7. The van der Waals surface area contributed by atoms with Gasteiger partial charge in [0.25, 0.3) is 10.1 Å². The van der Waals surface area contributed by atoms with E-state index in [2.05, 4.69) is 0 Å². The van der Waals surface area contributed by atoms with Gasteiger partial charge >= 0.3 is 5.97 Å². The molecular formula is C14H20O5S. The fraction of sp³-hybridized carbons (Fsp3) is 0.500. The zero-order valence-electron chi connectivity index (χ0n) is 12.0. The largest absolute Gasteiger partial charge is 0.463 e. The lowest BCUT2D eigenvalue weighted by Crippen LogP contribution is -2.17. The minimum atomic E-state index is -3.75. The molecule has 0 amide bonds. The maximum absolute atomic E-state index is 11.9. The third-order valence-electron chi connectivity index (χ3n) is 2.69. The monoisotopic (exact) mass is 300 g/mol. The molecule has 0 heterocycles. The molecule has 6 heteroatoms. The van der Waals surface area contributed by atoms with Gasteiger partial charge in [0.05, 0.1) is 11.5 Å². The zero-order valence-corrected chi connectivity index (χ0v) is 12.8. The van der Waals surface area contributed by atoms with Gasteiger partial charge in [0.1, 0.15) is 6.10 Å². The summed E-state index contributed by atoms with van der Waals surface area (Å²) in [5, 5.41) is 0. The van der Waals surface area contributed by atoms with Crippen LogP contribution in [-0.2, 0) is 23.8 Å². The van der Waals surface area contributed by atoms with Crippen molar-refractivity contribution >= 4 is 16.1 Å². The van der Waals surface area contributed by atoms with Crippen molar-refractivity contribution in [3.8, 4) is 0 Å². The van der Waals surface area contributed by atoms with E-state index in [9.17, 15) is 13.2 Å². The summed E-state index contributed by atoms with van der Waals surface area (Å²) in [5.41, 5.74) is 0.976. The summed E-state index contributed by atoms with van der Waals surface area (Å²) in [4.78, 5) is 11.2. The number of hydrogen-bond donors (Lipinski definition) is 0. The lowest BCUT2D eigenvalue weighted by Gasteiger charge is -2.12. The highest BCUT2D eigenvalue weighted by atomic mass is 32.2. The van der Waals surface area contributed by atoms with Crippen LogP contribution in [0.15, 0.2) is 29.2 Å². The molecule has 0 saturated heterocycles. The molecule has 0 aliphatic rings. The average Bonchev–Trinajstić information content (AvgIpc) is 2.38. The van der Waals surface area contributed by atoms with Crippen molar-refractivity contribution in [3.05, 3.63) is 29.8 Å². The molecule has 5 nitrogen and oxygen atoms in total. The molecule has 0 aliphatic heterocycles. The van der Waals surface area contributed by atoms with Crippen molar-refractivity contribution in [2.45, 2.75) is 44.6 Å². The van der Waals surface area contributed by atoms with Crippen LogP contribution in [-0.4, -0.2) is 27.1 Å². The molecule has 0 N–H and O–H groups in total. The first-order chi connectivity index (χ1) is 9.35. The maximum atomic E-state index is 11.9. The number of hydrogen-bond acceptors (Lipinski definition) is 5. The number of ether oxygens (including phenoxy) is 1. The molecule has 0 radical (unpaired) electrons. The fourth-order valence-corrected chi connectivity index (χ4v) is 2.38. The van der Waals surface area contributed by atoms with Gasteiger partial charge in [0.2, 0.25) is 0 Å². The van der Waals surface area contributed by atoms with Crippen LogP contribution in [0, 0.1) is 6.92 Å². The molecular weight excluding hydrogens is 280 g/mol. The van der Waals surface area contributed by atoms with Crippen LogP contribution < -0.4 is 0 Å². The average molecular weight is 300 g/mol. The van der Waals surface area contributed by atoms with E-state index in [1.54, 1.807) is 26.0 Å². The maximum Gasteiger partial charge on any atom is 0.305 e. The van der Waals surface area contributed by atoms with E-state index in [0.29, 0.717) is 12.8 Å². The van der Waals surface area contributed by atoms with Crippen LogP contribution in [0.4, 0.5) is 0 Å². The zero-order chi connectivity index (χ0) is 15.2. The molecule has 0 saturated carbocycles. The van der Waals surface area contributed by atoms with Crippen molar-refractivity contribution in [1.82, 2.24) is 0 Å². The van der Waals surface area contributed by atoms with Gasteiger partial charge in [-0.3, -0.25) is 8.98 Å². The molecule has 1 unspecified atom stereocenters. The Hall–Kier alpha value is -1.40. The lowest BCUT2D eigenvalue weighted by molar-refractivity contribution is -0.148. The first-order valence-corrected chi connectivity index (χ1v) is 7.91. The Labute approximate surface area is 120 Å². The normalized spacial score (nSPS) is 12.9. The predicted octanol–water partition coefficient (Wildman–Crippen LogP) is 2.43. The van der Waals surface area contributed by atoms with Crippen LogP contribution >= 0.6 is 0 Å². The van der Waals surface area contributed by atoms with E-state index in [1.807, 2.05) is 6.92 Å². The summed E-state index contributed by atoms with van der Waals surface area (Å²) in [5.74, 6) is -0.307. The van der Waals surface area contributed by atoms with E-state index in [1.165, 1.54) is 12.1 Å². The first kappa shape index (κ1) is 16.7. The van der Waals surface area contributed by atoms with E-state index < -0.39 is 10.1 Å². The summed E-state index contributed by atoms with van der Waals surface area (Å²) < 4.78 is 33.7. The highest BCUT2D eigenvalue weighted by Gasteiger charge is 2.16. The molecule has 112 valence electrons. The second-order valence-corrected chi connectivity index (χ2v) is 6.15. The quantitative estimate of drug-likeness (QED) is 0.571. The Morgan fingerprint density at radius 1 is 1.25 bits per heavy atom. The van der Waals surface area contributed by atoms with Crippen molar-refractivity contribution in [2.24, 2.45) is 0 Å².